The van der Waals surface area contributed by atoms with Crippen LogP contribution in [-0.4, -0.2) is 13.1 Å². The molecule has 23 heavy (non-hydrogen) atoms. The van der Waals surface area contributed by atoms with Crippen molar-refractivity contribution in [3.63, 3.8) is 0 Å². The fraction of sp³-hybridized carbons (Fsp3) is 0.476. The topological polar surface area (TPSA) is 12.9 Å². The van der Waals surface area contributed by atoms with Crippen molar-refractivity contribution in [3.05, 3.63) is 41.1 Å². The van der Waals surface area contributed by atoms with Gasteiger partial charge in [-0.1, -0.05) is 69.9 Å². The van der Waals surface area contributed by atoms with Crippen LogP contribution in [0.15, 0.2) is 24.3 Å². The number of hydrogen-bond acceptors (Lipinski definition) is 1. The van der Waals surface area contributed by atoms with E-state index in [9.17, 15) is 0 Å². The van der Waals surface area contributed by atoms with Crippen LogP contribution < -0.4 is 0 Å². The average molecular weight is 324 g/mol. The van der Waals surface area contributed by atoms with Crippen molar-refractivity contribution in [2.45, 2.75) is 65.6 Å². The van der Waals surface area contributed by atoms with Gasteiger partial charge in [0.1, 0.15) is 8.07 Å². The highest BCUT2D eigenvalue weighted by Gasteiger charge is 2.12. The van der Waals surface area contributed by atoms with Crippen LogP contribution in [0.3, 0.4) is 0 Å². The number of aromatic nitrogens is 1. The lowest BCUT2D eigenvalue weighted by molar-refractivity contribution is 0.661. The molecule has 0 radical (unpaired) electrons. The Kier molecular flexibility index (Phi) is 6.02. The second kappa shape index (κ2) is 7.79. The minimum absolute atomic E-state index is 1.04. The zero-order valence-electron chi connectivity index (χ0n) is 15.3. The number of fused-ring (bicyclic) bond motifs is 1. The molecule has 1 heterocycles. The lowest BCUT2D eigenvalue weighted by Crippen LogP contribution is -2.16. The SMILES string of the molecule is CCCCCCc1nc2ccccc2c(C)c1C#C[Si](C)(C)C. The molecule has 0 aliphatic rings. The molecule has 0 spiro atoms. The van der Waals surface area contributed by atoms with E-state index in [1.54, 1.807) is 0 Å². The lowest BCUT2D eigenvalue weighted by Gasteiger charge is -2.12. The Hall–Kier alpha value is -1.59. The van der Waals surface area contributed by atoms with Crippen LogP contribution in [0.2, 0.25) is 19.6 Å². The van der Waals surface area contributed by atoms with Crippen LogP contribution in [0.5, 0.6) is 0 Å². The molecule has 0 N–H and O–H groups in total. The van der Waals surface area contributed by atoms with E-state index in [-0.39, 0.29) is 0 Å². The number of para-hydroxylation sites is 1. The smallest absolute Gasteiger partial charge is 0.129 e. The third kappa shape index (κ3) is 4.94. The quantitative estimate of drug-likeness (QED) is 0.379. The Morgan fingerprint density at radius 2 is 1.78 bits per heavy atom. The van der Waals surface area contributed by atoms with Crippen LogP contribution in [0.1, 0.15) is 49.4 Å². The Bertz CT molecular complexity index is 729. The fourth-order valence-corrected chi connectivity index (χ4v) is 3.26. The van der Waals surface area contributed by atoms with Gasteiger partial charge in [-0.2, -0.15) is 0 Å². The van der Waals surface area contributed by atoms with Crippen molar-refractivity contribution in [1.29, 1.82) is 0 Å². The molecule has 0 unspecified atom stereocenters. The van der Waals surface area contributed by atoms with Crippen LogP contribution in [0, 0.1) is 18.4 Å². The zero-order valence-corrected chi connectivity index (χ0v) is 16.3. The van der Waals surface area contributed by atoms with Gasteiger partial charge in [0.25, 0.3) is 0 Å². The molecule has 0 saturated heterocycles. The van der Waals surface area contributed by atoms with E-state index in [4.69, 9.17) is 4.98 Å². The number of benzene rings is 1. The average Bonchev–Trinajstić information content (AvgIpc) is 2.50. The number of nitrogens with zero attached hydrogens (tertiary/aromatic N) is 1. The largest absolute Gasteiger partial charge is 0.252 e. The Morgan fingerprint density at radius 1 is 1.04 bits per heavy atom. The van der Waals surface area contributed by atoms with Gasteiger partial charge in [0.15, 0.2) is 0 Å². The summed E-state index contributed by atoms with van der Waals surface area (Å²) in [6, 6.07) is 8.45. The molecular weight excluding hydrogens is 294 g/mol. The molecule has 0 atom stereocenters. The van der Waals surface area contributed by atoms with E-state index < -0.39 is 8.07 Å². The second-order valence-electron chi connectivity index (χ2n) is 7.39. The Morgan fingerprint density at radius 3 is 2.48 bits per heavy atom. The maximum absolute atomic E-state index is 4.95. The summed E-state index contributed by atoms with van der Waals surface area (Å²) in [6.07, 6.45) is 6.11. The summed E-state index contributed by atoms with van der Waals surface area (Å²) in [5.41, 5.74) is 8.32. The number of pyridine rings is 1. The maximum atomic E-state index is 4.95. The summed E-state index contributed by atoms with van der Waals surface area (Å²) >= 11 is 0. The first-order valence-electron chi connectivity index (χ1n) is 8.84. The molecule has 2 heteroatoms. The van der Waals surface area contributed by atoms with Gasteiger partial charge in [-0.05, 0) is 31.4 Å². The van der Waals surface area contributed by atoms with Crippen molar-refractivity contribution >= 4 is 19.0 Å². The molecule has 0 fully saturated rings. The summed E-state index contributed by atoms with van der Waals surface area (Å²) in [4.78, 5) is 4.95. The standard InChI is InChI=1S/C21H29NSi/c1-6-7-8-9-13-21-19(15-16-23(3,4)5)17(2)18-12-10-11-14-20(18)22-21/h10-12,14H,6-9,13H2,1-5H3. The van der Waals surface area contributed by atoms with E-state index in [1.165, 1.54) is 47.9 Å². The second-order valence-corrected chi connectivity index (χ2v) is 12.1. The zero-order chi connectivity index (χ0) is 16.9. The van der Waals surface area contributed by atoms with Gasteiger partial charge in [-0.15, -0.1) is 5.54 Å². The summed E-state index contributed by atoms with van der Waals surface area (Å²) < 4.78 is 0. The molecule has 0 amide bonds. The molecule has 0 saturated carbocycles. The van der Waals surface area contributed by atoms with Gasteiger partial charge in [0.2, 0.25) is 0 Å². The van der Waals surface area contributed by atoms with Gasteiger partial charge < -0.3 is 0 Å². The van der Waals surface area contributed by atoms with E-state index in [0.717, 1.165) is 11.9 Å². The van der Waals surface area contributed by atoms with Gasteiger partial charge in [-0.25, -0.2) is 0 Å². The Labute approximate surface area is 142 Å². The first-order valence-corrected chi connectivity index (χ1v) is 12.3. The summed E-state index contributed by atoms with van der Waals surface area (Å²) in [7, 11) is -1.39. The molecule has 2 aromatic rings. The van der Waals surface area contributed by atoms with Crippen molar-refractivity contribution in [2.24, 2.45) is 0 Å². The minimum Gasteiger partial charge on any atom is -0.252 e. The number of unbranched alkanes of at least 4 members (excludes halogenated alkanes) is 3. The van der Waals surface area contributed by atoms with Crippen molar-refractivity contribution in [1.82, 2.24) is 4.98 Å². The molecule has 1 nitrogen and oxygen atoms in total. The highest BCUT2D eigenvalue weighted by Crippen LogP contribution is 2.23. The summed E-state index contributed by atoms with van der Waals surface area (Å²) in [6.45, 7) is 11.3. The van der Waals surface area contributed by atoms with Gasteiger partial charge in [0, 0.05) is 10.9 Å². The third-order valence-corrected chi connectivity index (χ3v) is 4.93. The summed E-state index contributed by atoms with van der Waals surface area (Å²) in [5, 5.41) is 1.24. The first-order chi connectivity index (χ1) is 10.9. The summed E-state index contributed by atoms with van der Waals surface area (Å²) in [5.74, 6) is 3.50. The molecule has 0 aliphatic heterocycles. The van der Waals surface area contributed by atoms with E-state index >= 15 is 0 Å². The molecule has 1 aromatic carbocycles. The van der Waals surface area contributed by atoms with Crippen LogP contribution >= 0.6 is 0 Å². The van der Waals surface area contributed by atoms with Crippen LogP contribution in [0.4, 0.5) is 0 Å². The predicted octanol–water partition coefficient (Wildman–Crippen LogP) is 5.89. The Balaban J connectivity index is 2.45. The van der Waals surface area contributed by atoms with Crippen LogP contribution in [0.25, 0.3) is 10.9 Å². The maximum Gasteiger partial charge on any atom is 0.129 e. The fourth-order valence-electron chi connectivity index (χ4n) is 2.76. The molecular formula is C21H29NSi. The van der Waals surface area contributed by atoms with Crippen LogP contribution in [-0.2, 0) is 6.42 Å². The molecule has 0 bridgehead atoms. The third-order valence-electron chi connectivity index (χ3n) is 4.06. The monoisotopic (exact) mass is 323 g/mol. The van der Waals surface area contributed by atoms with Gasteiger partial charge >= 0.3 is 0 Å². The van der Waals surface area contributed by atoms with Gasteiger partial charge in [0.05, 0.1) is 11.2 Å². The van der Waals surface area contributed by atoms with Crippen molar-refractivity contribution in [3.8, 4) is 11.5 Å². The molecule has 122 valence electrons. The first kappa shape index (κ1) is 17.8. The molecule has 0 aliphatic carbocycles. The number of hydrogen-bond donors (Lipinski definition) is 0. The van der Waals surface area contributed by atoms with E-state index in [0.29, 0.717) is 0 Å². The minimum atomic E-state index is -1.39. The molecule has 1 aromatic heterocycles. The van der Waals surface area contributed by atoms with Gasteiger partial charge in [-0.3, -0.25) is 4.98 Å². The highest BCUT2D eigenvalue weighted by atomic mass is 28.3. The normalized spacial score (nSPS) is 11.3. The predicted molar refractivity (Wildman–Crippen MR) is 105 cm³/mol. The van der Waals surface area contributed by atoms with Crippen molar-refractivity contribution < 1.29 is 0 Å². The van der Waals surface area contributed by atoms with E-state index in [1.807, 2.05) is 0 Å². The highest BCUT2D eigenvalue weighted by molar-refractivity contribution is 6.83. The number of aryl methyl sites for hydroxylation is 2. The number of rotatable bonds is 5. The van der Waals surface area contributed by atoms with E-state index in [2.05, 4.69) is 69.2 Å². The van der Waals surface area contributed by atoms with Crippen molar-refractivity contribution in [2.75, 3.05) is 0 Å². The molecule has 2 rings (SSSR count). The lowest BCUT2D eigenvalue weighted by atomic mass is 9.99.